The third kappa shape index (κ3) is 5.09. The van der Waals surface area contributed by atoms with E-state index in [1.807, 2.05) is 13.8 Å². The molecule has 0 saturated carbocycles. The zero-order valence-corrected chi connectivity index (χ0v) is 17.6. The summed E-state index contributed by atoms with van der Waals surface area (Å²) in [5.41, 5.74) is 0.258. The van der Waals surface area contributed by atoms with Crippen LogP contribution < -0.4 is 4.74 Å². The van der Waals surface area contributed by atoms with E-state index < -0.39 is 30.5 Å². The normalized spacial score (nSPS) is 13.0. The molecule has 0 heterocycles. The summed E-state index contributed by atoms with van der Waals surface area (Å²) < 4.78 is 64.3. The van der Waals surface area contributed by atoms with Crippen molar-refractivity contribution in [2.24, 2.45) is 0 Å². The van der Waals surface area contributed by atoms with Crippen LogP contribution in [0.3, 0.4) is 0 Å². The third-order valence-electron chi connectivity index (χ3n) is 3.78. The fourth-order valence-corrected chi connectivity index (χ4v) is 4.44. The molecule has 0 bridgehead atoms. The minimum absolute atomic E-state index is 0.0395. The lowest BCUT2D eigenvalue weighted by Crippen LogP contribution is -2.24. The van der Waals surface area contributed by atoms with Gasteiger partial charge in [-0.1, -0.05) is 26.0 Å². The van der Waals surface area contributed by atoms with Crippen molar-refractivity contribution in [3.63, 3.8) is 0 Å². The topological polar surface area (TPSA) is 97.7 Å². The number of hydrogen-bond acceptors (Lipinski definition) is 5. The van der Waals surface area contributed by atoms with Crippen molar-refractivity contribution >= 4 is 20.0 Å². The quantitative estimate of drug-likeness (QED) is 0.744. The molecule has 0 radical (unpaired) electrons. The Kier molecular flexibility index (Phi) is 5.75. The molecule has 2 aromatic rings. The molecule has 0 atom stereocenters. The summed E-state index contributed by atoms with van der Waals surface area (Å²) in [5, 5.41) is 0. The van der Waals surface area contributed by atoms with E-state index >= 15 is 0 Å². The van der Waals surface area contributed by atoms with Gasteiger partial charge in [0.1, 0.15) is 16.2 Å². The van der Waals surface area contributed by atoms with Gasteiger partial charge in [0.15, 0.2) is 0 Å². The molecule has 0 spiro atoms. The first-order valence-electron chi connectivity index (χ1n) is 8.37. The molecule has 148 valence electrons. The number of hydrogen-bond donors (Lipinski definition) is 1. The summed E-state index contributed by atoms with van der Waals surface area (Å²) in [5.74, 6) is 0.140. The van der Waals surface area contributed by atoms with Crippen LogP contribution >= 0.6 is 0 Å². The van der Waals surface area contributed by atoms with Gasteiger partial charge in [-0.05, 0) is 62.6 Å². The molecule has 0 aliphatic heterocycles. The van der Waals surface area contributed by atoms with Crippen LogP contribution in [-0.4, -0.2) is 27.0 Å². The van der Waals surface area contributed by atoms with Gasteiger partial charge in [-0.3, -0.25) is 4.55 Å². The van der Waals surface area contributed by atoms with E-state index in [0.717, 1.165) is 11.6 Å². The molecule has 8 heteroatoms. The predicted molar refractivity (Wildman–Crippen MR) is 103 cm³/mol. The van der Waals surface area contributed by atoms with Crippen molar-refractivity contribution in [3.8, 4) is 5.75 Å². The molecule has 1 N–H and O–H groups in total. The highest BCUT2D eigenvalue weighted by atomic mass is 32.2. The molecule has 2 rings (SSSR count). The minimum atomic E-state index is -4.68. The summed E-state index contributed by atoms with van der Waals surface area (Å²) in [7, 11) is -8.63. The molecule has 0 saturated heterocycles. The highest BCUT2D eigenvalue weighted by Crippen LogP contribution is 2.32. The van der Waals surface area contributed by atoms with Crippen LogP contribution in [0.1, 0.15) is 46.1 Å². The zero-order chi connectivity index (χ0) is 20.6. The molecule has 0 unspecified atom stereocenters. The van der Waals surface area contributed by atoms with Crippen LogP contribution in [0.15, 0.2) is 57.2 Å². The first-order valence-corrected chi connectivity index (χ1v) is 11.3. The number of rotatable bonds is 5. The van der Waals surface area contributed by atoms with E-state index in [0.29, 0.717) is 0 Å². The second kappa shape index (κ2) is 7.26. The van der Waals surface area contributed by atoms with E-state index in [-0.39, 0.29) is 21.5 Å². The molecule has 2 aromatic carbocycles. The van der Waals surface area contributed by atoms with Gasteiger partial charge >= 0.3 is 0 Å². The lowest BCUT2D eigenvalue weighted by molar-refractivity contribution is 0.126. The van der Waals surface area contributed by atoms with E-state index in [1.54, 1.807) is 32.9 Å². The van der Waals surface area contributed by atoms with E-state index in [1.165, 1.54) is 24.3 Å². The zero-order valence-electron chi connectivity index (χ0n) is 15.9. The minimum Gasteiger partial charge on any atom is -0.487 e. The fourth-order valence-electron chi connectivity index (χ4n) is 2.44. The maximum Gasteiger partial charge on any atom is 0.298 e. The van der Waals surface area contributed by atoms with Crippen LogP contribution in [-0.2, 0) is 20.0 Å². The molecular weight excluding hydrogens is 388 g/mol. The Balaban J connectivity index is 2.57. The third-order valence-corrected chi connectivity index (χ3v) is 6.42. The Hall–Kier alpha value is -1.90. The molecule has 0 aliphatic carbocycles. The highest BCUT2D eigenvalue weighted by Gasteiger charge is 2.26. The van der Waals surface area contributed by atoms with Crippen LogP contribution in [0.4, 0.5) is 0 Å². The predicted octanol–water partition coefficient (Wildman–Crippen LogP) is 4.07. The average Bonchev–Trinajstić information content (AvgIpc) is 2.52. The second-order valence-electron chi connectivity index (χ2n) is 7.53. The lowest BCUT2D eigenvalue weighted by Gasteiger charge is -2.22. The van der Waals surface area contributed by atoms with Crippen LogP contribution in [0.2, 0.25) is 0 Å². The molecule has 0 fully saturated rings. The molecule has 0 aliphatic rings. The fraction of sp³-hybridized carbons (Fsp3) is 0.368. The summed E-state index contributed by atoms with van der Waals surface area (Å²) in [6.07, 6.45) is 0. The Morgan fingerprint density at radius 2 is 1.41 bits per heavy atom. The SMILES string of the molecule is CC(C)c1ccc(S(=O)(=O)c2ccc(OC(C)(C)C)c(S(=O)(=O)O)c2)cc1. The smallest absolute Gasteiger partial charge is 0.298 e. The van der Waals surface area contributed by atoms with Gasteiger partial charge < -0.3 is 4.74 Å². The van der Waals surface area contributed by atoms with Crippen molar-refractivity contribution in [3.05, 3.63) is 48.0 Å². The lowest BCUT2D eigenvalue weighted by atomic mass is 10.0. The number of ether oxygens (including phenoxy) is 1. The summed E-state index contributed by atoms with van der Waals surface area (Å²) in [4.78, 5) is -0.788. The van der Waals surface area contributed by atoms with Gasteiger partial charge in [0.2, 0.25) is 9.84 Å². The first-order chi connectivity index (χ1) is 12.2. The van der Waals surface area contributed by atoms with Gasteiger partial charge in [-0.2, -0.15) is 8.42 Å². The van der Waals surface area contributed by atoms with Gasteiger partial charge in [0.25, 0.3) is 10.1 Å². The van der Waals surface area contributed by atoms with Crippen LogP contribution in [0.25, 0.3) is 0 Å². The van der Waals surface area contributed by atoms with Crippen LogP contribution in [0.5, 0.6) is 5.75 Å². The number of sulfone groups is 1. The molecule has 0 aromatic heterocycles. The Bertz CT molecular complexity index is 1030. The molecule has 6 nitrogen and oxygen atoms in total. The largest absolute Gasteiger partial charge is 0.487 e. The van der Waals surface area contributed by atoms with Crippen molar-refractivity contribution in [2.75, 3.05) is 0 Å². The Morgan fingerprint density at radius 3 is 1.85 bits per heavy atom. The van der Waals surface area contributed by atoms with Gasteiger partial charge in [-0.15, -0.1) is 0 Å². The van der Waals surface area contributed by atoms with Crippen molar-refractivity contribution in [1.82, 2.24) is 0 Å². The molecular formula is C19H24O6S2. The summed E-state index contributed by atoms with van der Waals surface area (Å²) >= 11 is 0. The van der Waals surface area contributed by atoms with Gasteiger partial charge in [0, 0.05) is 0 Å². The first kappa shape index (κ1) is 21.4. The maximum atomic E-state index is 12.9. The Morgan fingerprint density at radius 1 is 0.889 bits per heavy atom. The summed E-state index contributed by atoms with van der Waals surface area (Å²) in [6, 6.07) is 9.83. The van der Waals surface area contributed by atoms with E-state index in [2.05, 4.69) is 0 Å². The number of benzene rings is 2. The van der Waals surface area contributed by atoms with E-state index in [9.17, 15) is 21.4 Å². The van der Waals surface area contributed by atoms with E-state index in [4.69, 9.17) is 4.74 Å². The van der Waals surface area contributed by atoms with Crippen LogP contribution in [0, 0.1) is 0 Å². The average molecular weight is 413 g/mol. The standard InChI is InChI=1S/C19H24O6S2/c1-13(2)14-6-8-15(9-7-14)26(20,21)16-10-11-17(25-19(3,4)5)18(12-16)27(22,23)24/h6-13H,1-5H3,(H,22,23,24). The summed E-state index contributed by atoms with van der Waals surface area (Å²) in [6.45, 7) is 9.12. The molecule has 27 heavy (non-hydrogen) atoms. The van der Waals surface area contributed by atoms with Crippen molar-refractivity contribution in [2.45, 2.75) is 60.8 Å². The van der Waals surface area contributed by atoms with Crippen molar-refractivity contribution < 1.29 is 26.1 Å². The molecule has 0 amide bonds. The highest BCUT2D eigenvalue weighted by molar-refractivity contribution is 7.91. The second-order valence-corrected chi connectivity index (χ2v) is 10.9. The van der Waals surface area contributed by atoms with Gasteiger partial charge in [-0.25, -0.2) is 8.42 Å². The van der Waals surface area contributed by atoms with Gasteiger partial charge in [0.05, 0.1) is 9.79 Å². The maximum absolute atomic E-state index is 12.9. The monoisotopic (exact) mass is 412 g/mol. The van der Waals surface area contributed by atoms with Crippen molar-refractivity contribution in [1.29, 1.82) is 0 Å². The Labute approximate surface area is 160 Å².